The van der Waals surface area contributed by atoms with Crippen LogP contribution in [0.4, 0.5) is 0 Å². The highest BCUT2D eigenvalue weighted by Gasteiger charge is 2.11. The number of ether oxygens (including phenoxy) is 4. The molecule has 0 aliphatic carbocycles. The number of hydrogen-bond donors (Lipinski definition) is 0. The van der Waals surface area contributed by atoms with E-state index in [2.05, 4.69) is 0 Å². The molecule has 0 saturated carbocycles. The van der Waals surface area contributed by atoms with E-state index in [9.17, 15) is 9.59 Å². The topological polar surface area (TPSA) is 71.1 Å². The second kappa shape index (κ2) is 9.17. The predicted molar refractivity (Wildman–Crippen MR) is 79.4 cm³/mol. The molecule has 1 aromatic rings. The summed E-state index contributed by atoms with van der Waals surface area (Å²) in [5, 5.41) is 0. The van der Waals surface area contributed by atoms with E-state index in [1.807, 2.05) is 27.7 Å². The molecule has 6 nitrogen and oxygen atoms in total. The van der Waals surface area contributed by atoms with Crippen LogP contribution in [0.3, 0.4) is 0 Å². The first-order chi connectivity index (χ1) is 10.4. The van der Waals surface area contributed by atoms with Crippen LogP contribution >= 0.6 is 0 Å². The van der Waals surface area contributed by atoms with Gasteiger partial charge in [-0.2, -0.15) is 0 Å². The molecule has 0 unspecified atom stereocenters. The Hall–Kier alpha value is -1.92. The fourth-order valence-corrected chi connectivity index (χ4v) is 1.36. The predicted octanol–water partition coefficient (Wildman–Crippen LogP) is 2.77. The Labute approximate surface area is 130 Å². The summed E-state index contributed by atoms with van der Waals surface area (Å²) in [6.07, 6.45) is -0.0315. The summed E-state index contributed by atoms with van der Waals surface area (Å²) in [6.45, 7) is 7.17. The molecule has 0 bridgehead atoms. The summed E-state index contributed by atoms with van der Waals surface area (Å²) in [5.74, 6) is -1.02. The van der Waals surface area contributed by atoms with Crippen LogP contribution in [0.2, 0.25) is 0 Å². The lowest BCUT2D eigenvalue weighted by molar-refractivity contribution is -0.0551. The van der Waals surface area contributed by atoms with Gasteiger partial charge in [0.05, 0.1) is 23.3 Å². The first kappa shape index (κ1) is 18.1. The Bertz CT molecular complexity index is 433. The van der Waals surface area contributed by atoms with Crippen LogP contribution < -0.4 is 0 Å². The summed E-state index contributed by atoms with van der Waals surface area (Å²) in [5.41, 5.74) is 0.671. The van der Waals surface area contributed by atoms with E-state index in [0.29, 0.717) is 11.1 Å². The van der Waals surface area contributed by atoms with Crippen LogP contribution in [-0.2, 0) is 18.9 Å². The quantitative estimate of drug-likeness (QED) is 0.543. The number of carbonyl (C=O) groups excluding carboxylic acids is 2. The third kappa shape index (κ3) is 6.69. The summed E-state index contributed by atoms with van der Waals surface area (Å²) in [6, 6.07) is 5.99. The van der Waals surface area contributed by atoms with Gasteiger partial charge in [0.25, 0.3) is 0 Å². The van der Waals surface area contributed by atoms with Gasteiger partial charge < -0.3 is 18.9 Å². The SMILES string of the molecule is CC(C)OCOC(=O)c1ccc(C(=O)OCOC(C)C)cc1. The molecule has 122 valence electrons. The average molecular weight is 310 g/mol. The minimum Gasteiger partial charge on any atom is -0.435 e. The Balaban J connectivity index is 2.48. The zero-order valence-electron chi connectivity index (χ0n) is 13.3. The molecule has 22 heavy (non-hydrogen) atoms. The summed E-state index contributed by atoms with van der Waals surface area (Å²) in [4.78, 5) is 23.4. The van der Waals surface area contributed by atoms with E-state index in [1.165, 1.54) is 24.3 Å². The molecule has 0 amide bonds. The second-order valence-electron chi connectivity index (χ2n) is 5.11. The van der Waals surface area contributed by atoms with Crippen molar-refractivity contribution in [3.63, 3.8) is 0 Å². The van der Waals surface area contributed by atoms with Gasteiger partial charge in [0.15, 0.2) is 13.6 Å². The lowest BCUT2D eigenvalue weighted by Crippen LogP contribution is -2.13. The number of rotatable bonds is 8. The molecular formula is C16H22O6. The van der Waals surface area contributed by atoms with Gasteiger partial charge in [-0.15, -0.1) is 0 Å². The highest BCUT2D eigenvalue weighted by atomic mass is 16.7. The Morgan fingerprint density at radius 1 is 0.773 bits per heavy atom. The summed E-state index contributed by atoms with van der Waals surface area (Å²) in [7, 11) is 0. The molecular weight excluding hydrogens is 288 g/mol. The molecule has 0 atom stereocenters. The van der Waals surface area contributed by atoms with Gasteiger partial charge >= 0.3 is 11.9 Å². The molecule has 0 aliphatic rings. The van der Waals surface area contributed by atoms with Crippen LogP contribution in [0.5, 0.6) is 0 Å². The van der Waals surface area contributed by atoms with Crippen molar-refractivity contribution in [3.05, 3.63) is 35.4 Å². The van der Waals surface area contributed by atoms with Crippen molar-refractivity contribution in [2.45, 2.75) is 39.9 Å². The maximum absolute atomic E-state index is 11.7. The highest BCUT2D eigenvalue weighted by molar-refractivity contribution is 5.93. The van der Waals surface area contributed by atoms with Crippen LogP contribution in [0, 0.1) is 0 Å². The van der Waals surface area contributed by atoms with E-state index in [-0.39, 0.29) is 25.8 Å². The minimum atomic E-state index is -0.510. The Morgan fingerprint density at radius 3 is 1.36 bits per heavy atom. The van der Waals surface area contributed by atoms with Gasteiger partial charge in [-0.1, -0.05) is 0 Å². The number of esters is 2. The largest absolute Gasteiger partial charge is 0.435 e. The Kier molecular flexibility index (Phi) is 7.56. The molecule has 0 radical (unpaired) electrons. The minimum absolute atomic E-state index is 0.0157. The van der Waals surface area contributed by atoms with Crippen molar-refractivity contribution >= 4 is 11.9 Å². The molecule has 0 fully saturated rings. The van der Waals surface area contributed by atoms with Crippen LogP contribution in [0.25, 0.3) is 0 Å². The van der Waals surface area contributed by atoms with Crippen molar-refractivity contribution in [2.75, 3.05) is 13.6 Å². The van der Waals surface area contributed by atoms with Gasteiger partial charge in [-0.3, -0.25) is 0 Å². The molecule has 1 rings (SSSR count). The van der Waals surface area contributed by atoms with Gasteiger partial charge in [0.2, 0.25) is 0 Å². The molecule has 0 N–H and O–H groups in total. The van der Waals surface area contributed by atoms with Gasteiger partial charge in [0.1, 0.15) is 0 Å². The second-order valence-corrected chi connectivity index (χ2v) is 5.11. The first-order valence-corrected chi connectivity index (χ1v) is 7.07. The Morgan fingerprint density at radius 2 is 1.09 bits per heavy atom. The normalized spacial score (nSPS) is 10.8. The van der Waals surface area contributed by atoms with Crippen molar-refractivity contribution in [2.24, 2.45) is 0 Å². The third-order valence-electron chi connectivity index (χ3n) is 2.54. The monoisotopic (exact) mass is 310 g/mol. The maximum atomic E-state index is 11.7. The molecule has 1 aromatic carbocycles. The summed E-state index contributed by atoms with van der Waals surface area (Å²) >= 11 is 0. The lowest BCUT2D eigenvalue weighted by Gasteiger charge is -2.09. The molecule has 6 heteroatoms. The van der Waals surface area contributed by atoms with E-state index >= 15 is 0 Å². The third-order valence-corrected chi connectivity index (χ3v) is 2.54. The highest BCUT2D eigenvalue weighted by Crippen LogP contribution is 2.08. The van der Waals surface area contributed by atoms with E-state index in [1.54, 1.807) is 0 Å². The van der Waals surface area contributed by atoms with Gasteiger partial charge in [0, 0.05) is 0 Å². The van der Waals surface area contributed by atoms with E-state index in [4.69, 9.17) is 18.9 Å². The van der Waals surface area contributed by atoms with Crippen molar-refractivity contribution < 1.29 is 28.5 Å². The summed E-state index contributed by atoms with van der Waals surface area (Å²) < 4.78 is 20.1. The van der Waals surface area contributed by atoms with Gasteiger partial charge in [-0.05, 0) is 52.0 Å². The number of carbonyl (C=O) groups is 2. The van der Waals surface area contributed by atoms with Crippen LogP contribution in [0.15, 0.2) is 24.3 Å². The zero-order chi connectivity index (χ0) is 16.5. The van der Waals surface area contributed by atoms with E-state index in [0.717, 1.165) is 0 Å². The molecule has 0 spiro atoms. The molecule has 0 aliphatic heterocycles. The average Bonchev–Trinajstić information content (AvgIpc) is 2.46. The van der Waals surface area contributed by atoms with Crippen LogP contribution in [0.1, 0.15) is 48.4 Å². The van der Waals surface area contributed by atoms with E-state index < -0.39 is 11.9 Å². The smallest absolute Gasteiger partial charge is 0.340 e. The zero-order valence-corrected chi connectivity index (χ0v) is 13.3. The van der Waals surface area contributed by atoms with Crippen LogP contribution in [-0.4, -0.2) is 37.7 Å². The number of benzene rings is 1. The molecule has 0 saturated heterocycles. The molecule has 0 aromatic heterocycles. The maximum Gasteiger partial charge on any atom is 0.340 e. The number of hydrogen-bond acceptors (Lipinski definition) is 6. The first-order valence-electron chi connectivity index (χ1n) is 7.07. The standard InChI is InChI=1S/C16H22O6/c1-11(2)19-9-21-15(17)13-5-7-14(8-6-13)16(18)22-10-20-12(3)4/h5-8,11-12H,9-10H2,1-4H3. The molecule has 0 heterocycles. The van der Waals surface area contributed by atoms with Crippen molar-refractivity contribution in [1.29, 1.82) is 0 Å². The van der Waals surface area contributed by atoms with Gasteiger partial charge in [-0.25, -0.2) is 9.59 Å². The fraction of sp³-hybridized carbons (Fsp3) is 0.500. The lowest BCUT2D eigenvalue weighted by atomic mass is 10.1. The fourth-order valence-electron chi connectivity index (χ4n) is 1.36. The van der Waals surface area contributed by atoms with Crippen molar-refractivity contribution in [3.8, 4) is 0 Å². The van der Waals surface area contributed by atoms with Crippen molar-refractivity contribution in [1.82, 2.24) is 0 Å².